The lowest BCUT2D eigenvalue weighted by atomic mass is 10.2. The Labute approximate surface area is 144 Å². The number of anilines is 1. The molecule has 0 radical (unpaired) electrons. The zero-order chi connectivity index (χ0) is 16.4. The van der Waals surface area contributed by atoms with E-state index < -0.39 is 0 Å². The molecule has 1 aliphatic rings. The Kier molecular flexibility index (Phi) is 4.07. The van der Waals surface area contributed by atoms with Crippen LogP contribution in [0.1, 0.15) is 11.1 Å². The molecule has 0 bridgehead atoms. The predicted molar refractivity (Wildman–Crippen MR) is 93.9 cm³/mol. The first-order valence-corrected chi connectivity index (χ1v) is 8.71. The van der Waals surface area contributed by atoms with Crippen molar-refractivity contribution in [1.82, 2.24) is 19.9 Å². The van der Waals surface area contributed by atoms with E-state index in [2.05, 4.69) is 43.0 Å². The first kappa shape index (κ1) is 15.0. The number of thiazole rings is 1. The van der Waals surface area contributed by atoms with E-state index in [0.717, 1.165) is 38.2 Å². The summed E-state index contributed by atoms with van der Waals surface area (Å²) in [5.41, 5.74) is 4.78. The monoisotopic (exact) mass is 336 g/mol. The van der Waals surface area contributed by atoms with Gasteiger partial charge in [-0.25, -0.2) is 15.0 Å². The number of benzene rings is 1. The summed E-state index contributed by atoms with van der Waals surface area (Å²) in [6.45, 7) is 4.67. The maximum atomic E-state index is 8.81. The Hall–Kier alpha value is -2.56. The zero-order valence-corrected chi connectivity index (χ0v) is 13.9. The van der Waals surface area contributed by atoms with Gasteiger partial charge in [0.15, 0.2) is 0 Å². The van der Waals surface area contributed by atoms with Gasteiger partial charge in [0.05, 0.1) is 33.7 Å². The summed E-state index contributed by atoms with van der Waals surface area (Å²) in [5, 5.41) is 8.81. The molecule has 0 saturated carbocycles. The first-order chi connectivity index (χ1) is 11.8. The summed E-state index contributed by atoms with van der Waals surface area (Å²) in [4.78, 5) is 17.6. The summed E-state index contributed by atoms with van der Waals surface area (Å²) >= 11 is 1.68. The van der Waals surface area contributed by atoms with Crippen LogP contribution in [0.4, 0.5) is 5.95 Å². The molecule has 0 atom stereocenters. The van der Waals surface area contributed by atoms with Crippen molar-refractivity contribution >= 4 is 27.5 Å². The third-order valence-electron chi connectivity index (χ3n) is 4.22. The smallest absolute Gasteiger partial charge is 0.225 e. The highest BCUT2D eigenvalue weighted by Gasteiger charge is 2.19. The van der Waals surface area contributed by atoms with Gasteiger partial charge >= 0.3 is 0 Å². The number of nitrogens with zero attached hydrogens (tertiary/aromatic N) is 6. The van der Waals surface area contributed by atoms with Crippen LogP contribution >= 0.6 is 11.3 Å². The minimum Gasteiger partial charge on any atom is -0.338 e. The molecule has 1 aliphatic heterocycles. The van der Waals surface area contributed by atoms with Crippen LogP contribution in [0.3, 0.4) is 0 Å². The molecule has 6 nitrogen and oxygen atoms in total. The van der Waals surface area contributed by atoms with E-state index in [0.29, 0.717) is 11.5 Å². The molecule has 1 saturated heterocycles. The Morgan fingerprint density at radius 1 is 1.08 bits per heavy atom. The molecule has 120 valence electrons. The van der Waals surface area contributed by atoms with E-state index in [1.54, 1.807) is 23.7 Å². The van der Waals surface area contributed by atoms with Crippen molar-refractivity contribution < 1.29 is 0 Å². The van der Waals surface area contributed by atoms with Crippen LogP contribution in [0.15, 0.2) is 36.1 Å². The van der Waals surface area contributed by atoms with Gasteiger partial charge in [-0.1, -0.05) is 6.07 Å². The minimum absolute atomic E-state index is 0.495. The first-order valence-electron chi connectivity index (χ1n) is 7.83. The average molecular weight is 336 g/mol. The summed E-state index contributed by atoms with van der Waals surface area (Å²) < 4.78 is 1.24. The Bertz CT molecular complexity index is 874. The van der Waals surface area contributed by atoms with Gasteiger partial charge in [0.1, 0.15) is 6.07 Å². The molecule has 24 heavy (non-hydrogen) atoms. The molecule has 7 heteroatoms. The molecular weight excluding hydrogens is 320 g/mol. The topological polar surface area (TPSA) is 68.9 Å². The molecule has 1 aromatic carbocycles. The van der Waals surface area contributed by atoms with Gasteiger partial charge in [0, 0.05) is 32.7 Å². The Morgan fingerprint density at radius 3 is 2.62 bits per heavy atom. The van der Waals surface area contributed by atoms with Gasteiger partial charge in [0.25, 0.3) is 0 Å². The number of hydrogen-bond donors (Lipinski definition) is 0. The average Bonchev–Trinajstić information content (AvgIpc) is 3.10. The molecule has 0 aliphatic carbocycles. The lowest BCUT2D eigenvalue weighted by molar-refractivity contribution is 0.249. The van der Waals surface area contributed by atoms with Crippen molar-refractivity contribution in [3.05, 3.63) is 47.2 Å². The van der Waals surface area contributed by atoms with Gasteiger partial charge in [-0.15, -0.1) is 11.3 Å². The summed E-state index contributed by atoms with van der Waals surface area (Å²) in [6, 6.07) is 8.58. The second-order valence-corrected chi connectivity index (χ2v) is 6.69. The fourth-order valence-corrected chi connectivity index (χ4v) is 3.57. The normalized spacial score (nSPS) is 15.5. The van der Waals surface area contributed by atoms with E-state index in [4.69, 9.17) is 5.26 Å². The highest BCUT2D eigenvalue weighted by atomic mass is 32.1. The molecule has 0 spiro atoms. The molecule has 0 N–H and O–H groups in total. The number of fused-ring (bicyclic) bond motifs is 1. The predicted octanol–water partition coefficient (Wildman–Crippen LogP) is 2.28. The Morgan fingerprint density at radius 2 is 1.88 bits per heavy atom. The van der Waals surface area contributed by atoms with Crippen molar-refractivity contribution in [3.8, 4) is 6.07 Å². The van der Waals surface area contributed by atoms with Gasteiger partial charge in [-0.2, -0.15) is 5.26 Å². The van der Waals surface area contributed by atoms with E-state index in [1.165, 1.54) is 10.3 Å². The SMILES string of the molecule is N#Cc1cnc(N2CCN(Cc3ccc4scnc4c3)CC2)nc1. The van der Waals surface area contributed by atoms with Gasteiger partial charge in [-0.3, -0.25) is 4.90 Å². The molecule has 3 heterocycles. The molecular formula is C17H16N6S. The fraction of sp³-hybridized carbons (Fsp3) is 0.294. The van der Waals surface area contributed by atoms with Crippen LogP contribution in [0.25, 0.3) is 10.2 Å². The van der Waals surface area contributed by atoms with Crippen molar-refractivity contribution in [1.29, 1.82) is 5.26 Å². The summed E-state index contributed by atoms with van der Waals surface area (Å²) in [5.74, 6) is 0.706. The van der Waals surface area contributed by atoms with Gasteiger partial charge < -0.3 is 4.90 Å². The van der Waals surface area contributed by atoms with Crippen molar-refractivity contribution in [2.75, 3.05) is 31.1 Å². The van der Waals surface area contributed by atoms with Crippen molar-refractivity contribution in [2.45, 2.75) is 6.54 Å². The van der Waals surface area contributed by atoms with Crippen LogP contribution in [0.2, 0.25) is 0 Å². The number of nitriles is 1. The van der Waals surface area contributed by atoms with Crippen LogP contribution in [-0.2, 0) is 6.54 Å². The number of piperazine rings is 1. The maximum Gasteiger partial charge on any atom is 0.225 e. The fourth-order valence-electron chi connectivity index (χ4n) is 2.91. The van der Waals surface area contributed by atoms with Crippen molar-refractivity contribution in [2.24, 2.45) is 0 Å². The Balaban J connectivity index is 1.37. The quantitative estimate of drug-likeness (QED) is 0.731. The number of rotatable bonds is 3. The number of aromatic nitrogens is 3. The van der Waals surface area contributed by atoms with Crippen LogP contribution in [-0.4, -0.2) is 46.0 Å². The second kappa shape index (κ2) is 6.51. The standard InChI is InChI=1S/C17H16N6S/c18-8-14-9-19-17(20-10-14)23-5-3-22(4-6-23)11-13-1-2-16-15(7-13)21-12-24-16/h1-2,7,9-10,12H,3-6,11H2. The largest absolute Gasteiger partial charge is 0.338 e. The summed E-state index contributed by atoms with van der Waals surface area (Å²) in [6.07, 6.45) is 3.16. The lowest BCUT2D eigenvalue weighted by Gasteiger charge is -2.34. The molecule has 1 fully saturated rings. The van der Waals surface area contributed by atoms with Crippen LogP contribution in [0.5, 0.6) is 0 Å². The van der Waals surface area contributed by atoms with Gasteiger partial charge in [-0.05, 0) is 17.7 Å². The van der Waals surface area contributed by atoms with Crippen LogP contribution in [0, 0.1) is 11.3 Å². The van der Waals surface area contributed by atoms with E-state index in [9.17, 15) is 0 Å². The minimum atomic E-state index is 0.495. The zero-order valence-electron chi connectivity index (χ0n) is 13.1. The second-order valence-electron chi connectivity index (χ2n) is 5.80. The molecule has 4 rings (SSSR count). The molecule has 2 aromatic heterocycles. The van der Waals surface area contributed by atoms with Gasteiger partial charge in [0.2, 0.25) is 5.95 Å². The van der Waals surface area contributed by atoms with Crippen LogP contribution < -0.4 is 4.90 Å². The third kappa shape index (κ3) is 3.07. The van der Waals surface area contributed by atoms with E-state index in [-0.39, 0.29) is 0 Å². The summed E-state index contributed by atoms with van der Waals surface area (Å²) in [7, 11) is 0. The third-order valence-corrected chi connectivity index (χ3v) is 5.03. The molecule has 0 unspecified atom stereocenters. The number of hydrogen-bond acceptors (Lipinski definition) is 7. The van der Waals surface area contributed by atoms with E-state index in [1.807, 2.05) is 11.6 Å². The van der Waals surface area contributed by atoms with Crippen molar-refractivity contribution in [3.63, 3.8) is 0 Å². The molecule has 0 amide bonds. The lowest BCUT2D eigenvalue weighted by Crippen LogP contribution is -2.46. The van der Waals surface area contributed by atoms with E-state index >= 15 is 0 Å². The highest BCUT2D eigenvalue weighted by molar-refractivity contribution is 7.16. The molecule has 3 aromatic rings. The maximum absolute atomic E-state index is 8.81. The highest BCUT2D eigenvalue weighted by Crippen LogP contribution is 2.20.